The van der Waals surface area contributed by atoms with Crippen molar-refractivity contribution in [3.8, 4) is 0 Å². The highest BCUT2D eigenvalue weighted by molar-refractivity contribution is 8.00. The molecule has 0 aliphatic heterocycles. The first-order valence-corrected chi connectivity index (χ1v) is 7.69. The van der Waals surface area contributed by atoms with Gasteiger partial charge in [-0.1, -0.05) is 20.8 Å². The minimum atomic E-state index is 0.309. The van der Waals surface area contributed by atoms with Gasteiger partial charge >= 0.3 is 0 Å². The van der Waals surface area contributed by atoms with Gasteiger partial charge in [0.05, 0.1) is 6.61 Å². The zero-order valence-electron chi connectivity index (χ0n) is 10.9. The van der Waals surface area contributed by atoms with Crippen molar-refractivity contribution in [2.45, 2.75) is 51.3 Å². The molecule has 0 radical (unpaired) electrons. The average Bonchev–Trinajstić information content (AvgIpc) is 2.24. The van der Waals surface area contributed by atoms with E-state index in [2.05, 4.69) is 26.1 Å². The van der Waals surface area contributed by atoms with E-state index in [0.717, 1.165) is 24.1 Å². The molecular formula is C13H27NOS. The van der Waals surface area contributed by atoms with Gasteiger partial charge in [0.25, 0.3) is 0 Å². The zero-order chi connectivity index (χ0) is 12.0. The van der Waals surface area contributed by atoms with E-state index < -0.39 is 0 Å². The van der Waals surface area contributed by atoms with Crippen LogP contribution >= 0.6 is 11.8 Å². The molecule has 0 aromatic heterocycles. The van der Waals surface area contributed by atoms with E-state index in [1.54, 1.807) is 0 Å². The van der Waals surface area contributed by atoms with Gasteiger partial charge in [-0.25, -0.2) is 0 Å². The zero-order valence-corrected chi connectivity index (χ0v) is 11.7. The van der Waals surface area contributed by atoms with E-state index in [0.29, 0.717) is 17.9 Å². The lowest BCUT2D eigenvalue weighted by molar-refractivity contribution is 0.248. The van der Waals surface area contributed by atoms with Gasteiger partial charge in [-0.2, -0.15) is 11.8 Å². The van der Waals surface area contributed by atoms with Crippen LogP contribution < -0.4 is 5.32 Å². The maximum Gasteiger partial charge on any atom is 0.0521 e. The van der Waals surface area contributed by atoms with Crippen LogP contribution in [0.15, 0.2) is 0 Å². The lowest BCUT2D eigenvalue weighted by Crippen LogP contribution is -2.46. The van der Waals surface area contributed by atoms with Crippen LogP contribution in [0.25, 0.3) is 0 Å². The Kier molecular flexibility index (Phi) is 6.78. The topological polar surface area (TPSA) is 32.3 Å². The van der Waals surface area contributed by atoms with Gasteiger partial charge in [-0.05, 0) is 37.6 Å². The van der Waals surface area contributed by atoms with Crippen LogP contribution in [0, 0.1) is 11.8 Å². The molecule has 0 aromatic carbocycles. The molecule has 0 saturated heterocycles. The number of aliphatic hydroxyl groups is 1. The summed E-state index contributed by atoms with van der Waals surface area (Å²) >= 11 is 1.95. The van der Waals surface area contributed by atoms with E-state index in [1.165, 1.54) is 19.3 Å². The molecule has 3 heteroatoms. The molecule has 1 aliphatic carbocycles. The molecule has 4 atom stereocenters. The highest BCUT2D eigenvalue weighted by Gasteiger charge is 2.33. The van der Waals surface area contributed by atoms with Crippen LogP contribution in [-0.2, 0) is 0 Å². The number of hydrogen-bond donors (Lipinski definition) is 2. The van der Waals surface area contributed by atoms with Crippen molar-refractivity contribution in [3.63, 3.8) is 0 Å². The molecule has 1 rings (SSSR count). The number of nitrogens with one attached hydrogen (secondary N) is 1. The van der Waals surface area contributed by atoms with Crippen LogP contribution in [-0.4, -0.2) is 35.3 Å². The summed E-state index contributed by atoms with van der Waals surface area (Å²) in [7, 11) is 0. The molecule has 0 heterocycles. The second kappa shape index (κ2) is 7.57. The molecule has 1 aliphatic rings. The van der Waals surface area contributed by atoms with Gasteiger partial charge in [0, 0.05) is 17.0 Å². The van der Waals surface area contributed by atoms with Crippen LogP contribution in [0.5, 0.6) is 0 Å². The number of rotatable bonds is 6. The Morgan fingerprint density at radius 2 is 2.06 bits per heavy atom. The van der Waals surface area contributed by atoms with Crippen molar-refractivity contribution in [2.75, 3.05) is 18.9 Å². The Hall–Kier alpha value is 0.270. The summed E-state index contributed by atoms with van der Waals surface area (Å²) < 4.78 is 0. The summed E-state index contributed by atoms with van der Waals surface area (Å²) in [6.45, 7) is 8.39. The molecule has 2 N–H and O–H groups in total. The molecule has 0 aromatic rings. The summed E-state index contributed by atoms with van der Waals surface area (Å²) in [4.78, 5) is 0. The monoisotopic (exact) mass is 245 g/mol. The predicted octanol–water partition coefficient (Wildman–Crippen LogP) is 2.51. The largest absolute Gasteiger partial charge is 0.396 e. The molecule has 0 bridgehead atoms. The average molecular weight is 245 g/mol. The van der Waals surface area contributed by atoms with Gasteiger partial charge in [0.1, 0.15) is 0 Å². The van der Waals surface area contributed by atoms with Crippen LogP contribution in [0.2, 0.25) is 0 Å². The first-order valence-electron chi connectivity index (χ1n) is 6.64. The summed E-state index contributed by atoms with van der Waals surface area (Å²) in [6.07, 6.45) is 3.84. The van der Waals surface area contributed by atoms with Gasteiger partial charge in [0.15, 0.2) is 0 Å². The fourth-order valence-corrected chi connectivity index (χ4v) is 4.08. The van der Waals surface area contributed by atoms with Crippen molar-refractivity contribution in [1.29, 1.82) is 0 Å². The smallest absolute Gasteiger partial charge is 0.0521 e. The fraction of sp³-hybridized carbons (Fsp3) is 1.00. The molecule has 96 valence electrons. The second-order valence-electron chi connectivity index (χ2n) is 5.17. The minimum Gasteiger partial charge on any atom is -0.396 e. The normalized spacial score (nSPS) is 35.2. The Bertz CT molecular complexity index is 189. The third-order valence-corrected chi connectivity index (χ3v) is 5.04. The second-order valence-corrected chi connectivity index (χ2v) is 6.46. The lowest BCUT2D eigenvalue weighted by Gasteiger charge is -2.39. The van der Waals surface area contributed by atoms with E-state index in [4.69, 9.17) is 5.11 Å². The number of aliphatic hydroxyl groups excluding tert-OH is 1. The minimum absolute atomic E-state index is 0.309. The summed E-state index contributed by atoms with van der Waals surface area (Å²) in [6, 6.07) is 0.648. The van der Waals surface area contributed by atoms with E-state index in [-0.39, 0.29) is 0 Å². The predicted molar refractivity (Wildman–Crippen MR) is 73.0 cm³/mol. The lowest BCUT2D eigenvalue weighted by atomic mass is 9.80. The van der Waals surface area contributed by atoms with Crippen molar-refractivity contribution in [2.24, 2.45) is 11.8 Å². The molecule has 16 heavy (non-hydrogen) atoms. The number of thioether (sulfide) groups is 1. The fourth-order valence-electron chi connectivity index (χ4n) is 2.83. The highest BCUT2D eigenvalue weighted by atomic mass is 32.2. The van der Waals surface area contributed by atoms with E-state index in [1.807, 2.05) is 11.8 Å². The molecule has 2 nitrogen and oxygen atoms in total. The first kappa shape index (κ1) is 14.3. The summed E-state index contributed by atoms with van der Waals surface area (Å²) in [5, 5.41) is 13.3. The van der Waals surface area contributed by atoms with Crippen LogP contribution in [0.1, 0.15) is 40.0 Å². The Morgan fingerprint density at radius 1 is 1.31 bits per heavy atom. The Morgan fingerprint density at radius 3 is 2.69 bits per heavy atom. The van der Waals surface area contributed by atoms with Crippen LogP contribution in [0.3, 0.4) is 0 Å². The molecule has 1 saturated carbocycles. The number of hydrogen-bond acceptors (Lipinski definition) is 3. The first-order chi connectivity index (χ1) is 7.69. The van der Waals surface area contributed by atoms with Crippen molar-refractivity contribution >= 4 is 11.8 Å². The molecule has 1 fully saturated rings. The van der Waals surface area contributed by atoms with Gasteiger partial charge in [-0.3, -0.25) is 0 Å². The quantitative estimate of drug-likeness (QED) is 0.754. The maximum absolute atomic E-state index is 8.96. The Labute approximate surface area is 105 Å². The third kappa shape index (κ3) is 4.27. The highest BCUT2D eigenvalue weighted by Crippen LogP contribution is 2.36. The molecule has 4 unspecified atom stereocenters. The summed E-state index contributed by atoms with van der Waals surface area (Å²) in [5.41, 5.74) is 0. The third-order valence-electron chi connectivity index (χ3n) is 3.45. The van der Waals surface area contributed by atoms with Gasteiger partial charge < -0.3 is 10.4 Å². The molecular weight excluding hydrogens is 218 g/mol. The SMILES string of the molecule is CCCNC1CC(C)CC(C)C1SCCO. The van der Waals surface area contributed by atoms with E-state index >= 15 is 0 Å². The van der Waals surface area contributed by atoms with Crippen molar-refractivity contribution in [1.82, 2.24) is 5.32 Å². The summed E-state index contributed by atoms with van der Waals surface area (Å²) in [5.74, 6) is 2.50. The van der Waals surface area contributed by atoms with Gasteiger partial charge in [-0.15, -0.1) is 0 Å². The van der Waals surface area contributed by atoms with Crippen LogP contribution in [0.4, 0.5) is 0 Å². The van der Waals surface area contributed by atoms with Crippen molar-refractivity contribution in [3.05, 3.63) is 0 Å². The standard InChI is InChI=1S/C13H27NOS/c1-4-5-14-12-9-10(2)8-11(3)13(12)16-7-6-15/h10-15H,4-9H2,1-3H3. The van der Waals surface area contributed by atoms with Gasteiger partial charge in [0.2, 0.25) is 0 Å². The van der Waals surface area contributed by atoms with E-state index in [9.17, 15) is 0 Å². The van der Waals surface area contributed by atoms with Crippen molar-refractivity contribution < 1.29 is 5.11 Å². The maximum atomic E-state index is 8.96. The molecule has 0 spiro atoms. The molecule has 0 amide bonds. The Balaban J connectivity index is 2.50.